The first-order chi connectivity index (χ1) is 7.12. The van der Waals surface area contributed by atoms with Crippen LogP contribution in [0.5, 0.6) is 0 Å². The van der Waals surface area contributed by atoms with Crippen molar-refractivity contribution in [2.45, 2.75) is 11.8 Å². The molecule has 84 valence electrons. The molecule has 0 amide bonds. The third-order valence-electron chi connectivity index (χ3n) is 1.96. The van der Waals surface area contributed by atoms with Crippen LogP contribution in [-0.4, -0.2) is 36.1 Å². The molecule has 0 aromatic carbocycles. The van der Waals surface area contributed by atoms with E-state index in [2.05, 4.69) is 20.9 Å². The van der Waals surface area contributed by atoms with E-state index in [1.54, 1.807) is 18.3 Å². The Bertz CT molecular complexity index is 394. The van der Waals surface area contributed by atoms with E-state index in [1.807, 2.05) is 6.92 Å². The first-order valence-corrected chi connectivity index (χ1v) is 7.15. The minimum absolute atomic E-state index is 0.243. The van der Waals surface area contributed by atoms with E-state index in [0.29, 0.717) is 18.4 Å². The maximum Gasteiger partial charge on any atom is 0.244 e. The predicted molar refractivity (Wildman–Crippen MR) is 62.5 cm³/mol. The van der Waals surface area contributed by atoms with Crippen molar-refractivity contribution in [1.29, 1.82) is 0 Å². The Labute approximate surface area is 98.5 Å². The van der Waals surface area contributed by atoms with Crippen molar-refractivity contribution in [2.24, 2.45) is 0 Å². The molecule has 0 radical (unpaired) electrons. The lowest BCUT2D eigenvalue weighted by Gasteiger charge is -2.18. The second kappa shape index (κ2) is 5.58. The lowest BCUT2D eigenvalue weighted by Crippen LogP contribution is -2.32. The third-order valence-corrected chi connectivity index (χ3v) is 4.27. The lowest BCUT2D eigenvalue weighted by molar-refractivity contribution is 0.448. The fourth-order valence-electron chi connectivity index (χ4n) is 1.19. The molecule has 1 heterocycles. The summed E-state index contributed by atoms with van der Waals surface area (Å²) in [7, 11) is -3.37. The van der Waals surface area contributed by atoms with E-state index >= 15 is 0 Å². The Morgan fingerprint density at radius 1 is 1.53 bits per heavy atom. The molecule has 0 N–H and O–H groups in total. The number of sulfonamides is 1. The van der Waals surface area contributed by atoms with E-state index < -0.39 is 10.0 Å². The van der Waals surface area contributed by atoms with Crippen molar-refractivity contribution in [3.05, 3.63) is 24.5 Å². The fraction of sp³-hybridized carbons (Fsp3) is 0.444. The van der Waals surface area contributed by atoms with Gasteiger partial charge in [0.05, 0.1) is 0 Å². The topological polar surface area (TPSA) is 50.3 Å². The fourth-order valence-corrected chi connectivity index (χ4v) is 3.27. The Hall–Kier alpha value is -0.460. The van der Waals surface area contributed by atoms with E-state index in [-0.39, 0.29) is 4.90 Å². The smallest absolute Gasteiger partial charge is 0.244 e. The molecule has 6 heteroatoms. The SMILES string of the molecule is CCN(CCBr)S(=O)(=O)c1cccnc1. The molecule has 1 aromatic heterocycles. The van der Waals surface area contributed by atoms with Crippen LogP contribution in [0.2, 0.25) is 0 Å². The minimum Gasteiger partial charge on any atom is -0.263 e. The largest absolute Gasteiger partial charge is 0.263 e. The molecular weight excluding hydrogens is 280 g/mol. The second-order valence-electron chi connectivity index (χ2n) is 2.87. The van der Waals surface area contributed by atoms with Crippen molar-refractivity contribution in [1.82, 2.24) is 9.29 Å². The van der Waals surface area contributed by atoms with Gasteiger partial charge < -0.3 is 0 Å². The molecule has 0 spiro atoms. The van der Waals surface area contributed by atoms with E-state index in [0.717, 1.165) is 0 Å². The maximum absolute atomic E-state index is 12.0. The number of hydrogen-bond acceptors (Lipinski definition) is 3. The first-order valence-electron chi connectivity index (χ1n) is 4.59. The molecule has 0 aliphatic rings. The van der Waals surface area contributed by atoms with Gasteiger partial charge in [-0.1, -0.05) is 22.9 Å². The summed E-state index contributed by atoms with van der Waals surface area (Å²) in [6, 6.07) is 3.17. The van der Waals surface area contributed by atoms with Gasteiger partial charge in [-0.3, -0.25) is 4.98 Å². The molecule has 0 fully saturated rings. The van der Waals surface area contributed by atoms with Crippen LogP contribution < -0.4 is 0 Å². The van der Waals surface area contributed by atoms with Crippen LogP contribution in [0.15, 0.2) is 29.4 Å². The number of nitrogens with zero attached hydrogens (tertiary/aromatic N) is 2. The summed E-state index contributed by atoms with van der Waals surface area (Å²) in [5, 5.41) is 0.625. The van der Waals surface area contributed by atoms with Gasteiger partial charge in [0.2, 0.25) is 10.0 Å². The highest BCUT2D eigenvalue weighted by atomic mass is 79.9. The molecule has 0 saturated heterocycles. The summed E-state index contributed by atoms with van der Waals surface area (Å²) < 4.78 is 25.5. The number of pyridine rings is 1. The normalized spacial score (nSPS) is 11.9. The molecule has 1 rings (SSSR count). The summed E-state index contributed by atoms with van der Waals surface area (Å²) in [4.78, 5) is 4.05. The van der Waals surface area contributed by atoms with Crippen molar-refractivity contribution in [3.63, 3.8) is 0 Å². The molecule has 0 bridgehead atoms. The van der Waals surface area contributed by atoms with Crippen LogP contribution in [-0.2, 0) is 10.0 Å². The van der Waals surface area contributed by atoms with Crippen LogP contribution >= 0.6 is 15.9 Å². The van der Waals surface area contributed by atoms with Gasteiger partial charge in [0.15, 0.2) is 0 Å². The minimum atomic E-state index is -3.37. The molecule has 15 heavy (non-hydrogen) atoms. The summed E-state index contributed by atoms with van der Waals surface area (Å²) in [6.07, 6.45) is 2.92. The van der Waals surface area contributed by atoms with Crippen LogP contribution in [0.1, 0.15) is 6.92 Å². The van der Waals surface area contributed by atoms with E-state index in [1.165, 1.54) is 10.5 Å². The zero-order valence-corrected chi connectivity index (χ0v) is 10.8. The summed E-state index contributed by atoms with van der Waals surface area (Å²) >= 11 is 3.23. The van der Waals surface area contributed by atoms with Crippen molar-refractivity contribution >= 4 is 26.0 Å². The number of alkyl halides is 1. The Morgan fingerprint density at radius 2 is 2.27 bits per heavy atom. The van der Waals surface area contributed by atoms with Crippen molar-refractivity contribution in [2.75, 3.05) is 18.4 Å². The summed E-state index contributed by atoms with van der Waals surface area (Å²) in [5.41, 5.74) is 0. The van der Waals surface area contributed by atoms with Crippen LogP contribution in [0.25, 0.3) is 0 Å². The number of halogens is 1. The highest BCUT2D eigenvalue weighted by Crippen LogP contribution is 2.13. The number of aromatic nitrogens is 1. The van der Waals surface area contributed by atoms with Gasteiger partial charge in [0.1, 0.15) is 4.90 Å². The zero-order valence-electron chi connectivity index (χ0n) is 8.43. The van der Waals surface area contributed by atoms with Crippen LogP contribution in [0.3, 0.4) is 0 Å². The van der Waals surface area contributed by atoms with Gasteiger partial charge in [0, 0.05) is 30.8 Å². The first kappa shape index (κ1) is 12.6. The van der Waals surface area contributed by atoms with Gasteiger partial charge in [-0.25, -0.2) is 8.42 Å². The van der Waals surface area contributed by atoms with Gasteiger partial charge in [-0.2, -0.15) is 4.31 Å². The Balaban J connectivity index is 3.01. The molecule has 1 aromatic rings. The van der Waals surface area contributed by atoms with E-state index in [9.17, 15) is 8.42 Å². The second-order valence-corrected chi connectivity index (χ2v) is 5.61. The number of hydrogen-bond donors (Lipinski definition) is 0. The molecule has 0 unspecified atom stereocenters. The van der Waals surface area contributed by atoms with Crippen LogP contribution in [0, 0.1) is 0 Å². The Kier molecular flexibility index (Phi) is 4.69. The van der Waals surface area contributed by atoms with Gasteiger partial charge in [0.25, 0.3) is 0 Å². The summed E-state index contributed by atoms with van der Waals surface area (Å²) in [6.45, 7) is 2.74. The molecule has 0 aliphatic carbocycles. The van der Waals surface area contributed by atoms with Crippen molar-refractivity contribution in [3.8, 4) is 0 Å². The molecule has 4 nitrogen and oxygen atoms in total. The van der Waals surface area contributed by atoms with Crippen molar-refractivity contribution < 1.29 is 8.42 Å². The number of rotatable bonds is 5. The molecular formula is C9H13BrN2O2S. The highest BCUT2D eigenvalue weighted by molar-refractivity contribution is 9.09. The monoisotopic (exact) mass is 292 g/mol. The standard InChI is InChI=1S/C9H13BrN2O2S/c1-2-12(7-5-10)15(13,14)9-4-3-6-11-8-9/h3-4,6,8H,2,5,7H2,1H3. The molecule has 0 atom stereocenters. The maximum atomic E-state index is 12.0. The molecule has 0 saturated carbocycles. The average Bonchev–Trinajstić information content (AvgIpc) is 2.27. The van der Waals surface area contributed by atoms with Gasteiger partial charge in [-0.05, 0) is 12.1 Å². The van der Waals surface area contributed by atoms with Crippen LogP contribution in [0.4, 0.5) is 0 Å². The van der Waals surface area contributed by atoms with E-state index in [4.69, 9.17) is 0 Å². The highest BCUT2D eigenvalue weighted by Gasteiger charge is 2.21. The summed E-state index contributed by atoms with van der Waals surface area (Å²) in [5.74, 6) is 0. The molecule has 0 aliphatic heterocycles. The average molecular weight is 293 g/mol. The lowest BCUT2D eigenvalue weighted by atomic mass is 10.5. The Morgan fingerprint density at radius 3 is 2.73 bits per heavy atom. The van der Waals surface area contributed by atoms with Gasteiger partial charge >= 0.3 is 0 Å². The quantitative estimate of drug-likeness (QED) is 0.773. The van der Waals surface area contributed by atoms with Gasteiger partial charge in [-0.15, -0.1) is 0 Å². The predicted octanol–water partition coefficient (Wildman–Crippen LogP) is 1.49. The zero-order chi connectivity index (χ0) is 11.3. The third kappa shape index (κ3) is 2.99.